The molecule has 3 N–H and O–H groups in total. The van der Waals surface area contributed by atoms with Gasteiger partial charge in [0.15, 0.2) is 11.5 Å². The Morgan fingerprint density at radius 1 is 1.43 bits per heavy atom. The van der Waals surface area contributed by atoms with Crippen molar-refractivity contribution >= 4 is 5.91 Å². The van der Waals surface area contributed by atoms with Crippen LogP contribution in [0.3, 0.4) is 0 Å². The molecule has 0 atom stereocenters. The number of rotatable bonds is 7. The lowest BCUT2D eigenvalue weighted by Crippen LogP contribution is -2.41. The number of halogens is 4. The molecule has 0 aliphatic carbocycles. The second-order valence-electron chi connectivity index (χ2n) is 3.96. The van der Waals surface area contributed by atoms with Gasteiger partial charge in [0.25, 0.3) is 11.8 Å². The number of alkyl halides is 4. The van der Waals surface area contributed by atoms with Gasteiger partial charge in [0, 0.05) is 0 Å². The van der Waals surface area contributed by atoms with Gasteiger partial charge < -0.3 is 20.5 Å². The smallest absolute Gasteiger partial charge is 0.387 e. The number of benzene rings is 1. The Balaban J connectivity index is 2.98. The van der Waals surface area contributed by atoms with E-state index in [2.05, 4.69) is 4.74 Å². The molecule has 0 fully saturated rings. The fourth-order valence-corrected chi connectivity index (χ4v) is 1.44. The summed E-state index contributed by atoms with van der Waals surface area (Å²) in [6.45, 7) is -5.17. The van der Waals surface area contributed by atoms with Crippen molar-refractivity contribution in [1.29, 1.82) is 0 Å². The summed E-state index contributed by atoms with van der Waals surface area (Å²) in [7, 11) is 1.19. The number of carbonyl (C=O) groups excluding carboxylic acids is 1. The Morgan fingerprint density at radius 3 is 2.62 bits per heavy atom. The number of hydrogen-bond acceptors (Lipinski definition) is 4. The molecule has 5 nitrogen and oxygen atoms in total. The highest BCUT2D eigenvalue weighted by Crippen LogP contribution is 2.32. The van der Waals surface area contributed by atoms with Gasteiger partial charge >= 0.3 is 6.61 Å². The van der Waals surface area contributed by atoms with Crippen molar-refractivity contribution < 1.29 is 31.8 Å². The maximum Gasteiger partial charge on any atom is 0.387 e. The number of ether oxygens (including phenoxy) is 2. The van der Waals surface area contributed by atoms with Crippen LogP contribution in [0, 0.1) is 0 Å². The lowest BCUT2D eigenvalue weighted by Gasteiger charge is -2.17. The molecule has 0 saturated heterocycles. The monoisotopic (exact) mass is 310 g/mol. The van der Waals surface area contributed by atoms with Crippen molar-refractivity contribution in [1.82, 2.24) is 5.32 Å². The predicted octanol–water partition coefficient (Wildman–Crippen LogP) is 1.62. The molecule has 0 saturated carbocycles. The van der Waals surface area contributed by atoms with Crippen molar-refractivity contribution in [3.8, 4) is 11.5 Å². The summed E-state index contributed by atoms with van der Waals surface area (Å²) < 4.78 is 59.7. The number of hydrogen-bond donors (Lipinski definition) is 2. The summed E-state index contributed by atoms with van der Waals surface area (Å²) in [6, 6.07) is 3.78. The van der Waals surface area contributed by atoms with Gasteiger partial charge in [-0.3, -0.25) is 4.79 Å². The fourth-order valence-electron chi connectivity index (χ4n) is 1.44. The summed E-state index contributed by atoms with van der Waals surface area (Å²) >= 11 is 0. The molecular formula is C12H14F4N2O3. The highest BCUT2D eigenvalue weighted by molar-refractivity contribution is 5.97. The molecule has 0 heterocycles. The van der Waals surface area contributed by atoms with Crippen LogP contribution in [0.5, 0.6) is 11.5 Å². The van der Waals surface area contributed by atoms with Crippen molar-refractivity contribution in [2.75, 3.05) is 20.2 Å². The zero-order valence-electron chi connectivity index (χ0n) is 11.0. The maximum absolute atomic E-state index is 13.0. The molecule has 0 spiro atoms. The molecule has 0 unspecified atom stereocenters. The van der Waals surface area contributed by atoms with Crippen molar-refractivity contribution in [3.63, 3.8) is 0 Å². The molecule has 0 aliphatic heterocycles. The van der Waals surface area contributed by atoms with Crippen molar-refractivity contribution in [2.45, 2.75) is 12.5 Å². The minimum Gasteiger partial charge on any atom is -0.493 e. The molecule has 1 aromatic carbocycles. The van der Waals surface area contributed by atoms with E-state index in [4.69, 9.17) is 10.5 Å². The first-order valence-corrected chi connectivity index (χ1v) is 5.78. The molecule has 1 amide bonds. The lowest BCUT2D eigenvalue weighted by molar-refractivity contribution is -0.0516. The Kier molecular flexibility index (Phi) is 5.77. The number of para-hydroxylation sites is 1. The van der Waals surface area contributed by atoms with Crippen LogP contribution in [0.2, 0.25) is 0 Å². The third-order valence-electron chi connectivity index (χ3n) is 2.46. The molecule has 0 bridgehead atoms. The Labute approximate surface area is 118 Å². The zero-order valence-corrected chi connectivity index (χ0v) is 11.0. The van der Waals surface area contributed by atoms with E-state index in [0.717, 1.165) is 6.07 Å². The van der Waals surface area contributed by atoms with Crippen LogP contribution >= 0.6 is 0 Å². The Hall–Kier alpha value is -2.03. The summed E-state index contributed by atoms with van der Waals surface area (Å²) in [6.07, 6.45) is 0. The lowest BCUT2D eigenvalue weighted by atomic mass is 10.1. The minimum absolute atomic E-state index is 0.117. The predicted molar refractivity (Wildman–Crippen MR) is 66.0 cm³/mol. The molecular weight excluding hydrogens is 296 g/mol. The Bertz CT molecular complexity index is 497. The Morgan fingerprint density at radius 2 is 2.10 bits per heavy atom. The summed E-state index contributed by atoms with van der Waals surface area (Å²) in [5, 5.41) is 1.91. The zero-order chi connectivity index (χ0) is 16.0. The van der Waals surface area contributed by atoms with Gasteiger partial charge in [0.05, 0.1) is 25.8 Å². The summed E-state index contributed by atoms with van der Waals surface area (Å²) in [4.78, 5) is 11.8. The molecule has 0 aliphatic rings. The number of nitrogens with one attached hydrogen (secondary N) is 1. The molecule has 0 radical (unpaired) electrons. The number of methoxy groups -OCH3 is 1. The third-order valence-corrected chi connectivity index (χ3v) is 2.46. The van der Waals surface area contributed by atoms with E-state index in [9.17, 15) is 22.4 Å². The van der Waals surface area contributed by atoms with E-state index in [1.54, 1.807) is 0 Å². The molecule has 0 aromatic heterocycles. The van der Waals surface area contributed by atoms with E-state index in [-0.39, 0.29) is 11.3 Å². The normalized spacial score (nSPS) is 11.4. The van der Waals surface area contributed by atoms with Crippen molar-refractivity contribution in [3.05, 3.63) is 23.8 Å². The maximum atomic E-state index is 13.0. The van der Waals surface area contributed by atoms with E-state index in [1.807, 2.05) is 5.32 Å². The first-order chi connectivity index (χ1) is 9.80. The minimum atomic E-state index is -3.29. The highest BCUT2D eigenvalue weighted by Gasteiger charge is 2.28. The number of carbonyl (C=O) groups is 1. The molecule has 21 heavy (non-hydrogen) atoms. The van der Waals surface area contributed by atoms with Gasteiger partial charge in [-0.25, -0.2) is 8.78 Å². The molecule has 1 aromatic rings. The second kappa shape index (κ2) is 7.11. The number of nitrogens with two attached hydrogens (primary N) is 1. The SMILES string of the molecule is COc1cccc(C(=O)NCC(F)(F)CN)c1OC(F)F. The second-order valence-corrected chi connectivity index (χ2v) is 3.96. The summed E-state index contributed by atoms with van der Waals surface area (Å²) in [5.74, 6) is -4.94. The topological polar surface area (TPSA) is 73.6 Å². The third kappa shape index (κ3) is 4.78. The van der Waals surface area contributed by atoms with Gasteiger partial charge in [-0.05, 0) is 12.1 Å². The van der Waals surface area contributed by atoms with Gasteiger partial charge in [-0.1, -0.05) is 6.07 Å². The first kappa shape index (κ1) is 17.0. The van der Waals surface area contributed by atoms with Crippen LogP contribution in [-0.2, 0) is 0 Å². The van der Waals surface area contributed by atoms with Crippen molar-refractivity contribution in [2.24, 2.45) is 5.73 Å². The van der Waals surface area contributed by atoms with Crippen LogP contribution in [0.1, 0.15) is 10.4 Å². The molecule has 1 rings (SSSR count). The van der Waals surface area contributed by atoms with Gasteiger partial charge in [-0.2, -0.15) is 8.78 Å². The first-order valence-electron chi connectivity index (χ1n) is 5.78. The average Bonchev–Trinajstić information content (AvgIpc) is 2.44. The van der Waals surface area contributed by atoms with Gasteiger partial charge in [0.2, 0.25) is 0 Å². The quantitative estimate of drug-likeness (QED) is 0.751. The highest BCUT2D eigenvalue weighted by atomic mass is 19.3. The fraction of sp³-hybridized carbons (Fsp3) is 0.417. The molecule has 9 heteroatoms. The van der Waals surface area contributed by atoms with Gasteiger partial charge in [-0.15, -0.1) is 0 Å². The van der Waals surface area contributed by atoms with E-state index >= 15 is 0 Å². The molecule has 118 valence electrons. The van der Waals surface area contributed by atoms with E-state index in [0.29, 0.717) is 0 Å². The standard InChI is InChI=1S/C12H14F4N2O3/c1-20-8-4-2-3-7(9(8)21-11(13)14)10(19)18-6-12(15,16)5-17/h2-4,11H,5-6,17H2,1H3,(H,18,19). The van der Waals surface area contributed by atoms with Gasteiger partial charge in [0.1, 0.15) is 0 Å². The largest absolute Gasteiger partial charge is 0.493 e. The average molecular weight is 310 g/mol. The summed E-state index contributed by atoms with van der Waals surface area (Å²) in [5.41, 5.74) is 4.48. The van der Waals surface area contributed by atoms with E-state index < -0.39 is 37.3 Å². The number of amides is 1. The van der Waals surface area contributed by atoms with Crippen LogP contribution in [-0.4, -0.2) is 38.6 Å². The van der Waals surface area contributed by atoms with Crippen LogP contribution in [0.15, 0.2) is 18.2 Å². The van der Waals surface area contributed by atoms with Crippen LogP contribution < -0.4 is 20.5 Å². The van der Waals surface area contributed by atoms with Crippen LogP contribution in [0.4, 0.5) is 17.6 Å². The van der Waals surface area contributed by atoms with Crippen LogP contribution in [0.25, 0.3) is 0 Å². The van der Waals surface area contributed by atoms with E-state index in [1.165, 1.54) is 19.2 Å².